The number of hydrogen-bond acceptors (Lipinski definition) is 6. The number of benzene rings is 2. The Morgan fingerprint density at radius 2 is 1.81 bits per heavy atom. The molecule has 2 N–H and O–H groups in total. The number of aliphatic carboxylic acids is 1. The number of nitrogens with zero attached hydrogens (tertiary/aromatic N) is 1. The van der Waals surface area contributed by atoms with Crippen LogP contribution in [0.2, 0.25) is 0 Å². The highest BCUT2D eigenvalue weighted by atomic mass is 19.3. The maximum atomic E-state index is 15.5. The van der Waals surface area contributed by atoms with Gasteiger partial charge in [0.25, 0.3) is 11.8 Å². The van der Waals surface area contributed by atoms with Crippen molar-refractivity contribution in [3.05, 3.63) is 71.3 Å². The summed E-state index contributed by atoms with van der Waals surface area (Å²) in [5, 5.41) is 12.0. The van der Waals surface area contributed by atoms with Crippen molar-refractivity contribution in [2.24, 2.45) is 0 Å². The van der Waals surface area contributed by atoms with Crippen molar-refractivity contribution in [3.8, 4) is 11.1 Å². The summed E-state index contributed by atoms with van der Waals surface area (Å²) >= 11 is 0. The minimum Gasteiger partial charge on any atom is -0.480 e. The lowest BCUT2D eigenvalue weighted by Gasteiger charge is -2.22. The van der Waals surface area contributed by atoms with Gasteiger partial charge in [-0.3, -0.25) is 14.4 Å². The second kappa shape index (κ2) is 12.8. The number of carbonyl (C=O) groups is 4. The van der Waals surface area contributed by atoms with Gasteiger partial charge in [0, 0.05) is 29.5 Å². The van der Waals surface area contributed by atoms with Crippen molar-refractivity contribution in [1.29, 1.82) is 0 Å². The molecular formula is C30H31F3N2O7. The standard InChI is InChI=1S/C30H31F3N2O7/c1-2-42-26(37)10-4-3-7-13-41-18-29(31)15-24(28(39)40)35(17-29)25(36)16-34-27(38)19-11-12-23-21(14-19)20-8-5-6-9-22(20)30(23,32)33/h3,5-9,11-12,14,24H,2,4,10,13,15-18H2,1H3,(H,34,38)(H,39,40)/b7-3+/t24-,29+/m0/s1. The summed E-state index contributed by atoms with van der Waals surface area (Å²) < 4.78 is 55.2. The number of ether oxygens (including phenoxy) is 2. The molecule has 2 aromatic carbocycles. The zero-order valence-corrected chi connectivity index (χ0v) is 22.9. The van der Waals surface area contributed by atoms with E-state index in [1.807, 2.05) is 0 Å². The van der Waals surface area contributed by atoms with Crippen molar-refractivity contribution >= 4 is 23.8 Å². The number of allylic oxidation sites excluding steroid dienone is 1. The van der Waals surface area contributed by atoms with Crippen molar-refractivity contribution in [2.45, 2.75) is 43.8 Å². The van der Waals surface area contributed by atoms with Crippen LogP contribution in [0.25, 0.3) is 11.1 Å². The highest BCUT2D eigenvalue weighted by Crippen LogP contribution is 2.50. The molecule has 0 radical (unpaired) electrons. The second-order valence-corrected chi connectivity index (χ2v) is 10.1. The van der Waals surface area contributed by atoms with E-state index in [2.05, 4.69) is 5.32 Å². The van der Waals surface area contributed by atoms with Crippen molar-refractivity contribution in [1.82, 2.24) is 10.2 Å². The summed E-state index contributed by atoms with van der Waals surface area (Å²) in [5.41, 5.74) is -1.97. The number of carboxylic acids is 1. The molecule has 9 nitrogen and oxygen atoms in total. The first-order valence-corrected chi connectivity index (χ1v) is 13.5. The van der Waals surface area contributed by atoms with Crippen LogP contribution < -0.4 is 5.32 Å². The number of nitrogens with one attached hydrogen (secondary N) is 1. The molecule has 1 saturated heterocycles. The third-order valence-electron chi connectivity index (χ3n) is 7.13. The predicted molar refractivity (Wildman–Crippen MR) is 145 cm³/mol. The number of rotatable bonds is 12. The molecular weight excluding hydrogens is 557 g/mol. The summed E-state index contributed by atoms with van der Waals surface area (Å²) in [6, 6.07) is 8.24. The first-order valence-electron chi connectivity index (χ1n) is 13.5. The lowest BCUT2D eigenvalue weighted by Crippen LogP contribution is -2.46. The Labute approximate surface area is 240 Å². The molecule has 0 aromatic heterocycles. The van der Waals surface area contributed by atoms with Gasteiger partial charge in [0.1, 0.15) is 6.04 Å². The third-order valence-corrected chi connectivity index (χ3v) is 7.13. The van der Waals surface area contributed by atoms with E-state index < -0.39 is 61.5 Å². The zero-order valence-electron chi connectivity index (χ0n) is 22.9. The minimum absolute atomic E-state index is 0.0213. The van der Waals surface area contributed by atoms with E-state index in [0.717, 1.165) is 4.90 Å². The largest absolute Gasteiger partial charge is 0.480 e. The zero-order chi connectivity index (χ0) is 30.5. The van der Waals surface area contributed by atoms with Gasteiger partial charge in [-0.15, -0.1) is 0 Å². The van der Waals surface area contributed by atoms with E-state index in [9.17, 15) is 33.1 Å². The van der Waals surface area contributed by atoms with E-state index in [4.69, 9.17) is 9.47 Å². The maximum Gasteiger partial charge on any atom is 0.326 e. The normalized spacial score (nSPS) is 20.3. The molecule has 2 aromatic rings. The van der Waals surface area contributed by atoms with Gasteiger partial charge in [0.05, 0.1) is 32.9 Å². The van der Waals surface area contributed by atoms with E-state index in [0.29, 0.717) is 18.6 Å². The van der Waals surface area contributed by atoms with Crippen molar-refractivity contribution in [2.75, 3.05) is 32.9 Å². The van der Waals surface area contributed by atoms with E-state index in [1.54, 1.807) is 25.1 Å². The monoisotopic (exact) mass is 588 g/mol. The molecule has 2 amide bonds. The Bertz CT molecular complexity index is 1400. The number of amides is 2. The van der Waals surface area contributed by atoms with Gasteiger partial charge in [-0.1, -0.05) is 42.5 Å². The Hall–Kier alpha value is -4.19. The van der Waals surface area contributed by atoms with E-state index >= 15 is 4.39 Å². The molecule has 1 heterocycles. The number of alkyl halides is 3. The molecule has 2 aliphatic rings. The number of fused-ring (bicyclic) bond motifs is 3. The molecule has 224 valence electrons. The molecule has 1 fully saturated rings. The smallest absolute Gasteiger partial charge is 0.326 e. The Morgan fingerprint density at radius 3 is 2.55 bits per heavy atom. The number of carboxylic acid groups (broad SMARTS) is 1. The van der Waals surface area contributed by atoms with E-state index in [-0.39, 0.29) is 41.3 Å². The van der Waals surface area contributed by atoms with Crippen LogP contribution >= 0.6 is 0 Å². The highest BCUT2D eigenvalue weighted by molar-refractivity contribution is 5.99. The number of hydrogen-bond donors (Lipinski definition) is 2. The third kappa shape index (κ3) is 6.64. The van der Waals surface area contributed by atoms with Gasteiger partial charge in [0.2, 0.25) is 5.91 Å². The first-order chi connectivity index (χ1) is 20.0. The van der Waals surface area contributed by atoms with Crippen LogP contribution in [0.15, 0.2) is 54.6 Å². The van der Waals surface area contributed by atoms with Crippen LogP contribution in [-0.4, -0.2) is 78.4 Å². The molecule has 4 rings (SSSR count). The van der Waals surface area contributed by atoms with Gasteiger partial charge >= 0.3 is 11.9 Å². The Morgan fingerprint density at radius 1 is 1.07 bits per heavy atom. The van der Waals surface area contributed by atoms with Crippen LogP contribution in [0, 0.1) is 0 Å². The number of carbonyl (C=O) groups excluding carboxylic acids is 3. The molecule has 12 heteroatoms. The lowest BCUT2D eigenvalue weighted by atomic mass is 10.0. The number of likely N-dealkylation sites (tertiary alicyclic amines) is 1. The van der Waals surface area contributed by atoms with Gasteiger partial charge in [-0.05, 0) is 36.6 Å². The molecule has 2 atom stereocenters. The van der Waals surface area contributed by atoms with Gasteiger partial charge < -0.3 is 24.8 Å². The van der Waals surface area contributed by atoms with Crippen LogP contribution in [0.5, 0.6) is 0 Å². The van der Waals surface area contributed by atoms with Crippen LogP contribution in [0.3, 0.4) is 0 Å². The van der Waals surface area contributed by atoms with Crippen LogP contribution in [-0.2, 0) is 29.8 Å². The fourth-order valence-electron chi connectivity index (χ4n) is 5.13. The average molecular weight is 589 g/mol. The molecule has 1 aliphatic carbocycles. The summed E-state index contributed by atoms with van der Waals surface area (Å²) in [4.78, 5) is 49.6. The van der Waals surface area contributed by atoms with Crippen LogP contribution in [0.1, 0.15) is 47.7 Å². The van der Waals surface area contributed by atoms with Gasteiger partial charge in [-0.25, -0.2) is 9.18 Å². The fraction of sp³-hybridized carbons (Fsp3) is 0.400. The average Bonchev–Trinajstić information content (AvgIpc) is 3.43. The molecule has 0 spiro atoms. The molecule has 42 heavy (non-hydrogen) atoms. The SMILES string of the molecule is CCOC(=O)CC/C=C/COC[C@@]1(F)C[C@@H](C(=O)O)N(C(=O)CNC(=O)c2ccc3c(c2)-c2ccccc2C3(F)F)C1. The first kappa shape index (κ1) is 30.8. The Balaban J connectivity index is 1.32. The molecule has 0 bridgehead atoms. The minimum atomic E-state index is -3.21. The predicted octanol–water partition coefficient (Wildman–Crippen LogP) is 3.85. The topological polar surface area (TPSA) is 122 Å². The molecule has 0 unspecified atom stereocenters. The van der Waals surface area contributed by atoms with Crippen molar-refractivity contribution in [3.63, 3.8) is 0 Å². The van der Waals surface area contributed by atoms with Gasteiger partial charge in [-0.2, -0.15) is 8.78 Å². The molecule has 0 saturated carbocycles. The second-order valence-electron chi connectivity index (χ2n) is 10.1. The highest BCUT2D eigenvalue weighted by Gasteiger charge is 2.50. The van der Waals surface area contributed by atoms with Crippen LogP contribution in [0.4, 0.5) is 13.2 Å². The summed E-state index contributed by atoms with van der Waals surface area (Å²) in [5.74, 6) is -6.48. The summed E-state index contributed by atoms with van der Waals surface area (Å²) in [7, 11) is 0. The Kier molecular flexibility index (Phi) is 9.35. The van der Waals surface area contributed by atoms with Crippen molar-refractivity contribution < 1.29 is 46.9 Å². The van der Waals surface area contributed by atoms with E-state index in [1.165, 1.54) is 36.4 Å². The quantitative estimate of drug-likeness (QED) is 0.220. The lowest BCUT2D eigenvalue weighted by molar-refractivity contribution is -0.147. The van der Waals surface area contributed by atoms with Gasteiger partial charge in [0.15, 0.2) is 5.67 Å². The summed E-state index contributed by atoms with van der Waals surface area (Å²) in [6.07, 6.45) is 3.40. The summed E-state index contributed by atoms with van der Waals surface area (Å²) in [6.45, 7) is 0.395. The number of halogens is 3. The fourth-order valence-corrected chi connectivity index (χ4v) is 5.13. The number of esters is 1. The molecule has 1 aliphatic heterocycles. The maximum absolute atomic E-state index is 15.5.